The Morgan fingerprint density at radius 2 is 2.00 bits per heavy atom. The van der Waals surface area contributed by atoms with Gasteiger partial charge in [-0.2, -0.15) is 0 Å². The van der Waals surface area contributed by atoms with Crippen LogP contribution in [0.2, 0.25) is 5.15 Å². The van der Waals surface area contributed by atoms with Gasteiger partial charge in [-0.3, -0.25) is 0 Å². The highest BCUT2D eigenvalue weighted by Crippen LogP contribution is 2.33. The van der Waals surface area contributed by atoms with Crippen molar-refractivity contribution in [2.75, 3.05) is 0 Å². The number of hydrogen-bond donors (Lipinski definition) is 0. The highest BCUT2D eigenvalue weighted by Gasteiger charge is 2.20. The van der Waals surface area contributed by atoms with Crippen LogP contribution in [-0.2, 0) is 6.42 Å². The molecule has 0 saturated heterocycles. The van der Waals surface area contributed by atoms with Crippen molar-refractivity contribution in [2.24, 2.45) is 0 Å². The van der Waals surface area contributed by atoms with E-state index in [2.05, 4.69) is 25.9 Å². The summed E-state index contributed by atoms with van der Waals surface area (Å²) in [6.07, 6.45) is 2.54. The van der Waals surface area contributed by atoms with Gasteiger partial charge < -0.3 is 0 Å². The van der Waals surface area contributed by atoms with Gasteiger partial charge in [-0.15, -0.1) is 0 Å². The summed E-state index contributed by atoms with van der Waals surface area (Å²) >= 11 is 9.04. The SMILES string of the molecule is CCCc1c(Cl)ncnc1-c1c(F)ccc(Br)c1F. The van der Waals surface area contributed by atoms with Crippen molar-refractivity contribution in [3.8, 4) is 11.3 Å². The van der Waals surface area contributed by atoms with E-state index in [9.17, 15) is 8.78 Å². The normalized spacial score (nSPS) is 10.8. The standard InChI is InChI=1S/C13H10BrClF2N2/c1-2-3-7-12(18-6-19-13(7)15)10-9(16)5-4-8(14)11(10)17/h4-6H,2-3H2,1H3. The smallest absolute Gasteiger partial charge is 0.149 e. The molecule has 0 radical (unpaired) electrons. The zero-order valence-electron chi connectivity index (χ0n) is 10.1. The molecular weight excluding hydrogens is 338 g/mol. The molecule has 6 heteroatoms. The molecule has 0 bridgehead atoms. The first kappa shape index (κ1) is 14.3. The Labute approximate surface area is 123 Å². The molecule has 0 aliphatic heterocycles. The molecule has 2 nitrogen and oxygen atoms in total. The molecule has 0 atom stereocenters. The van der Waals surface area contributed by atoms with Crippen LogP contribution in [0.15, 0.2) is 22.9 Å². The third-order valence-electron chi connectivity index (χ3n) is 2.67. The number of hydrogen-bond acceptors (Lipinski definition) is 2. The zero-order chi connectivity index (χ0) is 14.0. The Morgan fingerprint density at radius 3 is 2.68 bits per heavy atom. The summed E-state index contributed by atoms with van der Waals surface area (Å²) < 4.78 is 28.2. The van der Waals surface area contributed by atoms with Gasteiger partial charge >= 0.3 is 0 Å². The van der Waals surface area contributed by atoms with Gasteiger partial charge in [-0.1, -0.05) is 24.9 Å². The van der Waals surface area contributed by atoms with Crippen LogP contribution in [0.5, 0.6) is 0 Å². The van der Waals surface area contributed by atoms with Gasteiger partial charge in [0, 0.05) is 5.56 Å². The van der Waals surface area contributed by atoms with Gasteiger partial charge in [0.05, 0.1) is 15.7 Å². The Morgan fingerprint density at radius 1 is 1.26 bits per heavy atom. The lowest BCUT2D eigenvalue weighted by atomic mass is 10.0. The lowest BCUT2D eigenvalue weighted by Crippen LogP contribution is -2.01. The van der Waals surface area contributed by atoms with E-state index in [1.54, 1.807) is 0 Å². The monoisotopic (exact) mass is 346 g/mol. The van der Waals surface area contributed by atoms with Crippen LogP contribution in [-0.4, -0.2) is 9.97 Å². The Kier molecular flexibility index (Phi) is 4.47. The molecule has 19 heavy (non-hydrogen) atoms. The van der Waals surface area contributed by atoms with E-state index in [-0.39, 0.29) is 20.9 Å². The second-order valence-corrected chi connectivity index (χ2v) is 5.17. The molecule has 0 aliphatic carbocycles. The van der Waals surface area contributed by atoms with Crippen LogP contribution in [0.1, 0.15) is 18.9 Å². The zero-order valence-corrected chi connectivity index (χ0v) is 12.4. The first-order valence-electron chi connectivity index (χ1n) is 5.69. The van der Waals surface area contributed by atoms with Gasteiger partial charge in [-0.05, 0) is 34.5 Å². The first-order valence-corrected chi connectivity index (χ1v) is 6.86. The van der Waals surface area contributed by atoms with Gasteiger partial charge in [0.2, 0.25) is 0 Å². The molecule has 0 amide bonds. The Hall–Kier alpha value is -1.07. The van der Waals surface area contributed by atoms with E-state index >= 15 is 0 Å². The first-order chi connectivity index (χ1) is 9.06. The fourth-order valence-corrected chi connectivity index (χ4v) is 2.38. The maximum Gasteiger partial charge on any atom is 0.149 e. The minimum absolute atomic E-state index is 0.179. The van der Waals surface area contributed by atoms with Crippen molar-refractivity contribution in [3.05, 3.63) is 45.3 Å². The Balaban J connectivity index is 2.72. The molecule has 2 aromatic rings. The number of rotatable bonds is 3. The van der Waals surface area contributed by atoms with E-state index in [4.69, 9.17) is 11.6 Å². The van der Waals surface area contributed by atoms with Gasteiger partial charge in [0.15, 0.2) is 0 Å². The minimum atomic E-state index is -0.688. The van der Waals surface area contributed by atoms with Crippen LogP contribution in [0.3, 0.4) is 0 Å². The summed E-state index contributed by atoms with van der Waals surface area (Å²) in [4.78, 5) is 7.86. The molecule has 0 aliphatic rings. The maximum atomic E-state index is 14.1. The largest absolute Gasteiger partial charge is 0.236 e. The van der Waals surface area contributed by atoms with Crippen molar-refractivity contribution < 1.29 is 8.78 Å². The molecule has 100 valence electrons. The Bertz CT molecular complexity index is 620. The molecule has 0 spiro atoms. The van der Waals surface area contributed by atoms with Crippen molar-refractivity contribution in [2.45, 2.75) is 19.8 Å². The van der Waals surface area contributed by atoms with E-state index in [1.165, 1.54) is 18.5 Å². The average Bonchev–Trinajstić information content (AvgIpc) is 2.38. The molecule has 2 rings (SSSR count). The van der Waals surface area contributed by atoms with Crippen LogP contribution in [0, 0.1) is 11.6 Å². The molecule has 1 heterocycles. The van der Waals surface area contributed by atoms with Gasteiger partial charge in [-0.25, -0.2) is 18.7 Å². The predicted molar refractivity (Wildman–Crippen MR) is 74.1 cm³/mol. The van der Waals surface area contributed by atoms with E-state index in [0.29, 0.717) is 12.0 Å². The lowest BCUT2D eigenvalue weighted by Gasteiger charge is -2.11. The van der Waals surface area contributed by atoms with Crippen molar-refractivity contribution >= 4 is 27.5 Å². The van der Waals surface area contributed by atoms with Crippen molar-refractivity contribution in [3.63, 3.8) is 0 Å². The fourth-order valence-electron chi connectivity index (χ4n) is 1.82. The summed E-state index contributed by atoms with van der Waals surface area (Å²) in [5.41, 5.74) is 0.586. The summed E-state index contributed by atoms with van der Waals surface area (Å²) in [6, 6.07) is 2.50. The number of halogens is 4. The van der Waals surface area contributed by atoms with E-state index in [0.717, 1.165) is 6.42 Å². The highest BCUT2D eigenvalue weighted by molar-refractivity contribution is 9.10. The summed E-state index contributed by atoms with van der Waals surface area (Å²) in [7, 11) is 0. The second-order valence-electron chi connectivity index (χ2n) is 3.96. The van der Waals surface area contributed by atoms with Gasteiger partial charge in [0.1, 0.15) is 23.1 Å². The van der Waals surface area contributed by atoms with Crippen molar-refractivity contribution in [1.82, 2.24) is 9.97 Å². The van der Waals surface area contributed by atoms with E-state index < -0.39 is 11.6 Å². The number of aromatic nitrogens is 2. The lowest BCUT2D eigenvalue weighted by molar-refractivity contribution is 0.583. The average molecular weight is 348 g/mol. The maximum absolute atomic E-state index is 14.1. The quantitative estimate of drug-likeness (QED) is 0.589. The summed E-state index contributed by atoms with van der Waals surface area (Å²) in [6.45, 7) is 1.95. The molecule has 0 unspecified atom stereocenters. The number of benzene rings is 1. The fraction of sp³-hybridized carbons (Fsp3) is 0.231. The van der Waals surface area contributed by atoms with Gasteiger partial charge in [0.25, 0.3) is 0 Å². The van der Waals surface area contributed by atoms with Crippen LogP contribution < -0.4 is 0 Å². The van der Waals surface area contributed by atoms with Crippen LogP contribution in [0.4, 0.5) is 8.78 Å². The van der Waals surface area contributed by atoms with E-state index in [1.807, 2.05) is 6.92 Å². The molecule has 1 aromatic carbocycles. The summed E-state index contributed by atoms with van der Waals surface area (Å²) in [5, 5.41) is 0.227. The molecule has 1 aromatic heterocycles. The molecular formula is C13H10BrClF2N2. The third kappa shape index (κ3) is 2.77. The highest BCUT2D eigenvalue weighted by atomic mass is 79.9. The topological polar surface area (TPSA) is 25.8 Å². The molecule has 0 fully saturated rings. The summed E-state index contributed by atoms with van der Waals surface area (Å²) in [5.74, 6) is -1.36. The predicted octanol–water partition coefficient (Wildman–Crippen LogP) is 4.79. The number of nitrogens with zero attached hydrogens (tertiary/aromatic N) is 2. The second kappa shape index (κ2) is 5.92. The molecule has 0 N–H and O–H groups in total. The minimum Gasteiger partial charge on any atom is -0.236 e. The van der Waals surface area contributed by atoms with Crippen LogP contribution in [0.25, 0.3) is 11.3 Å². The van der Waals surface area contributed by atoms with Crippen molar-refractivity contribution in [1.29, 1.82) is 0 Å². The molecule has 0 saturated carbocycles. The van der Waals surface area contributed by atoms with Crippen LogP contribution >= 0.6 is 27.5 Å². The third-order valence-corrected chi connectivity index (χ3v) is 3.61.